The first-order chi connectivity index (χ1) is 14.5. The molecule has 1 aromatic rings. The van der Waals surface area contributed by atoms with Crippen LogP contribution in [0.4, 0.5) is 0 Å². The zero-order valence-corrected chi connectivity index (χ0v) is 18.2. The quantitative estimate of drug-likeness (QED) is 0.753. The predicted molar refractivity (Wildman–Crippen MR) is 117 cm³/mol. The third kappa shape index (κ3) is 4.40. The maximum atomic E-state index is 13.2. The Labute approximate surface area is 180 Å². The van der Waals surface area contributed by atoms with Gasteiger partial charge in [0.05, 0.1) is 0 Å². The lowest BCUT2D eigenvalue weighted by molar-refractivity contribution is -0.133. The summed E-state index contributed by atoms with van der Waals surface area (Å²) in [7, 11) is 1.79. The van der Waals surface area contributed by atoms with E-state index in [0.717, 1.165) is 43.7 Å². The molecule has 3 N–H and O–H groups in total. The summed E-state index contributed by atoms with van der Waals surface area (Å²) >= 11 is 0. The van der Waals surface area contributed by atoms with E-state index in [1.54, 1.807) is 11.9 Å². The van der Waals surface area contributed by atoms with Crippen molar-refractivity contribution in [1.29, 1.82) is 0 Å². The fourth-order valence-electron chi connectivity index (χ4n) is 5.70. The molecule has 6 heteroatoms. The number of likely N-dealkylation sites (tertiary alicyclic amines) is 1. The van der Waals surface area contributed by atoms with Crippen LogP contribution in [0.25, 0.3) is 0 Å². The maximum absolute atomic E-state index is 13.2. The topological polar surface area (TPSA) is 78.7 Å². The molecule has 4 rings (SSSR count). The van der Waals surface area contributed by atoms with Gasteiger partial charge in [-0.2, -0.15) is 0 Å². The molecule has 6 nitrogen and oxygen atoms in total. The summed E-state index contributed by atoms with van der Waals surface area (Å²) in [4.78, 5) is 29.7. The zero-order valence-electron chi connectivity index (χ0n) is 18.2. The fourth-order valence-corrected chi connectivity index (χ4v) is 5.70. The third-order valence-corrected chi connectivity index (χ3v) is 7.51. The minimum atomic E-state index is -0.581. The number of nitrogens with zero attached hydrogens (tertiary/aromatic N) is 2. The van der Waals surface area contributed by atoms with Crippen molar-refractivity contribution in [2.75, 3.05) is 20.1 Å². The molecule has 30 heavy (non-hydrogen) atoms. The molecule has 0 radical (unpaired) electrons. The number of benzene rings is 1. The first-order valence-electron chi connectivity index (χ1n) is 11.6. The van der Waals surface area contributed by atoms with E-state index in [4.69, 9.17) is 5.73 Å². The highest BCUT2D eigenvalue weighted by Gasteiger charge is 2.50. The maximum Gasteiger partial charge on any atom is 0.253 e. The van der Waals surface area contributed by atoms with Crippen molar-refractivity contribution in [1.82, 2.24) is 15.1 Å². The molecule has 1 unspecified atom stereocenters. The fraction of sp³-hybridized carbons (Fsp3) is 0.667. The van der Waals surface area contributed by atoms with E-state index >= 15 is 0 Å². The van der Waals surface area contributed by atoms with Gasteiger partial charge in [0.1, 0.15) is 11.8 Å². The molecule has 0 bridgehead atoms. The van der Waals surface area contributed by atoms with E-state index in [1.165, 1.54) is 32.1 Å². The van der Waals surface area contributed by atoms with E-state index in [1.807, 2.05) is 35.2 Å². The Bertz CT molecular complexity index is 749. The minimum absolute atomic E-state index is 0.0916. The Hall–Kier alpha value is -1.92. The number of hydrogen-bond acceptors (Lipinski definition) is 4. The largest absolute Gasteiger partial charge is 0.338 e. The van der Waals surface area contributed by atoms with Gasteiger partial charge in [-0.3, -0.25) is 20.6 Å². The predicted octanol–water partition coefficient (Wildman–Crippen LogP) is 2.94. The van der Waals surface area contributed by atoms with Gasteiger partial charge in [-0.05, 0) is 49.7 Å². The monoisotopic (exact) mass is 412 g/mol. The molecule has 1 aliphatic carbocycles. The highest BCUT2D eigenvalue weighted by atomic mass is 16.2. The number of carbonyl (C=O) groups excluding carboxylic acids is 2. The SMILES string of the molecule is CN1C(=O)[C@](CCC2CCCCC2)(C[C@@H]2CCN(C(=O)c3ccccc3)C2)NC1N. The number of nitrogens with two attached hydrogens (primary N) is 1. The standard InChI is InChI=1S/C24H36N4O2/c1-27-22(30)24(26-23(27)25,14-12-18-8-4-2-5-9-18)16-19-13-15-28(17-19)21(29)20-10-6-3-7-11-20/h3,6-7,10-11,18-19,23,26H,2,4-5,8-9,12-17,25H2,1H3/t19-,23?,24-/m0/s1. The lowest BCUT2D eigenvalue weighted by Gasteiger charge is -2.32. The lowest BCUT2D eigenvalue weighted by atomic mass is 9.78. The van der Waals surface area contributed by atoms with Gasteiger partial charge in [-0.25, -0.2) is 0 Å². The van der Waals surface area contributed by atoms with Gasteiger partial charge >= 0.3 is 0 Å². The van der Waals surface area contributed by atoms with Gasteiger partial charge in [0.15, 0.2) is 0 Å². The van der Waals surface area contributed by atoms with Crippen LogP contribution in [-0.2, 0) is 4.79 Å². The molecule has 2 heterocycles. The van der Waals surface area contributed by atoms with Crippen molar-refractivity contribution in [3.63, 3.8) is 0 Å². The summed E-state index contributed by atoms with van der Waals surface area (Å²) in [5, 5.41) is 3.46. The summed E-state index contributed by atoms with van der Waals surface area (Å²) in [6.07, 6.45) is 9.76. The molecule has 0 aromatic heterocycles. The number of nitrogens with one attached hydrogen (secondary N) is 1. The molecule has 3 atom stereocenters. The number of hydrogen-bond donors (Lipinski definition) is 2. The Morgan fingerprint density at radius 3 is 2.53 bits per heavy atom. The molecule has 3 fully saturated rings. The zero-order chi connectivity index (χ0) is 21.1. The molecule has 2 aliphatic heterocycles. The van der Waals surface area contributed by atoms with Gasteiger partial charge in [0.2, 0.25) is 5.91 Å². The Morgan fingerprint density at radius 1 is 1.13 bits per heavy atom. The molecule has 2 amide bonds. The lowest BCUT2D eigenvalue weighted by Crippen LogP contribution is -2.51. The van der Waals surface area contributed by atoms with Crippen molar-refractivity contribution < 1.29 is 9.59 Å². The normalized spacial score (nSPS) is 30.3. The first kappa shape index (κ1) is 21.3. The number of likely N-dealkylation sites (N-methyl/N-ethyl adjacent to an activating group) is 1. The number of rotatable bonds is 6. The summed E-state index contributed by atoms with van der Waals surface area (Å²) in [6.45, 7) is 1.47. The van der Waals surface area contributed by atoms with Crippen LogP contribution in [0.2, 0.25) is 0 Å². The number of amides is 2. The van der Waals surface area contributed by atoms with Gasteiger partial charge in [-0.1, -0.05) is 50.3 Å². The van der Waals surface area contributed by atoms with Crippen molar-refractivity contribution in [2.45, 2.75) is 69.6 Å². The van der Waals surface area contributed by atoms with Crippen LogP contribution >= 0.6 is 0 Å². The molecular weight excluding hydrogens is 376 g/mol. The van der Waals surface area contributed by atoms with Gasteiger partial charge in [0, 0.05) is 25.7 Å². The van der Waals surface area contributed by atoms with Crippen molar-refractivity contribution in [3.8, 4) is 0 Å². The van der Waals surface area contributed by atoms with Gasteiger partial charge < -0.3 is 9.80 Å². The molecule has 3 aliphatic rings. The van der Waals surface area contributed by atoms with Crippen LogP contribution in [0.5, 0.6) is 0 Å². The molecule has 1 saturated carbocycles. The average molecular weight is 413 g/mol. The summed E-state index contributed by atoms with van der Waals surface area (Å²) in [6, 6.07) is 9.48. The molecule has 1 aromatic carbocycles. The summed E-state index contributed by atoms with van der Waals surface area (Å²) < 4.78 is 0. The molecule has 164 valence electrons. The van der Waals surface area contributed by atoms with Crippen molar-refractivity contribution >= 4 is 11.8 Å². The highest BCUT2D eigenvalue weighted by Crippen LogP contribution is 2.37. The Balaban J connectivity index is 1.42. The first-order valence-corrected chi connectivity index (χ1v) is 11.6. The van der Waals surface area contributed by atoms with E-state index in [-0.39, 0.29) is 11.8 Å². The van der Waals surface area contributed by atoms with E-state index in [2.05, 4.69) is 5.32 Å². The summed E-state index contributed by atoms with van der Waals surface area (Å²) in [5.41, 5.74) is 6.36. The minimum Gasteiger partial charge on any atom is -0.338 e. The van der Waals surface area contributed by atoms with Crippen LogP contribution in [0.15, 0.2) is 30.3 Å². The molecule has 0 spiro atoms. The van der Waals surface area contributed by atoms with Gasteiger partial charge in [-0.15, -0.1) is 0 Å². The van der Waals surface area contributed by atoms with Crippen LogP contribution in [0, 0.1) is 11.8 Å². The number of carbonyl (C=O) groups is 2. The van der Waals surface area contributed by atoms with Gasteiger partial charge in [0.25, 0.3) is 5.91 Å². The molecular formula is C24H36N4O2. The van der Waals surface area contributed by atoms with Crippen molar-refractivity contribution in [3.05, 3.63) is 35.9 Å². The second-order valence-corrected chi connectivity index (χ2v) is 9.61. The van der Waals surface area contributed by atoms with Crippen LogP contribution in [0.3, 0.4) is 0 Å². The van der Waals surface area contributed by atoms with Crippen LogP contribution in [0.1, 0.15) is 68.1 Å². The van der Waals surface area contributed by atoms with E-state index in [0.29, 0.717) is 12.5 Å². The smallest absolute Gasteiger partial charge is 0.253 e. The second-order valence-electron chi connectivity index (χ2n) is 9.61. The van der Waals surface area contributed by atoms with Crippen LogP contribution < -0.4 is 11.1 Å². The van der Waals surface area contributed by atoms with Crippen LogP contribution in [-0.4, -0.2) is 53.6 Å². The Kier molecular flexibility index (Phi) is 6.44. The van der Waals surface area contributed by atoms with E-state index in [9.17, 15) is 9.59 Å². The Morgan fingerprint density at radius 2 is 1.87 bits per heavy atom. The van der Waals surface area contributed by atoms with Crippen molar-refractivity contribution in [2.24, 2.45) is 17.6 Å². The van der Waals surface area contributed by atoms with E-state index < -0.39 is 11.8 Å². The second kappa shape index (κ2) is 9.06. The molecule has 2 saturated heterocycles. The third-order valence-electron chi connectivity index (χ3n) is 7.51. The average Bonchev–Trinajstić information content (AvgIpc) is 3.32. The summed E-state index contributed by atoms with van der Waals surface area (Å²) in [5.74, 6) is 1.26. The highest BCUT2D eigenvalue weighted by molar-refractivity contribution is 5.94.